The fourth-order valence-corrected chi connectivity index (χ4v) is 2.61. The molecule has 1 atom stereocenters. The molecule has 1 amide bonds. The van der Waals surface area contributed by atoms with Crippen molar-refractivity contribution in [1.82, 2.24) is 9.88 Å². The number of ether oxygens (including phenoxy) is 1. The lowest BCUT2D eigenvalue weighted by Gasteiger charge is -2.35. The summed E-state index contributed by atoms with van der Waals surface area (Å²) in [4.78, 5) is 19.7. The summed E-state index contributed by atoms with van der Waals surface area (Å²) < 4.78 is 18.8. The topological polar surface area (TPSA) is 45.7 Å². The van der Waals surface area contributed by atoms with Crippen LogP contribution >= 0.6 is 0 Å². The van der Waals surface area contributed by atoms with Crippen LogP contribution in [0.3, 0.4) is 0 Å². The number of pyridine rings is 1. The second-order valence-electron chi connectivity index (χ2n) is 6.71. The van der Waals surface area contributed by atoms with E-state index in [0.29, 0.717) is 5.56 Å². The molecule has 0 aromatic carbocycles. The Morgan fingerprint density at radius 3 is 2.77 bits per heavy atom. The summed E-state index contributed by atoms with van der Waals surface area (Å²) in [6, 6.07) is 1.77. The van der Waals surface area contributed by atoms with Gasteiger partial charge in [0.1, 0.15) is 11.8 Å². The lowest BCUT2D eigenvalue weighted by Crippen LogP contribution is -2.47. The van der Waals surface area contributed by atoms with E-state index in [9.17, 15) is 9.18 Å². The van der Waals surface area contributed by atoms with Gasteiger partial charge in [0.15, 0.2) is 0 Å². The van der Waals surface area contributed by atoms with Gasteiger partial charge in [0.2, 0.25) is 5.95 Å². The van der Waals surface area contributed by atoms with Crippen molar-refractivity contribution in [3.63, 3.8) is 0 Å². The van der Waals surface area contributed by atoms with E-state index in [4.69, 9.17) is 4.74 Å². The first-order chi connectivity index (χ1) is 10.2. The van der Waals surface area contributed by atoms with Crippen LogP contribution in [0.25, 0.3) is 0 Å². The fourth-order valence-electron chi connectivity index (χ4n) is 2.61. The Kier molecular flexibility index (Phi) is 4.58. The first-order valence-corrected chi connectivity index (χ1v) is 7.53. The van der Waals surface area contributed by atoms with Crippen LogP contribution in [-0.4, -0.2) is 41.3 Å². The number of halogens is 1. The van der Waals surface area contributed by atoms with Gasteiger partial charge >= 0.3 is 6.09 Å². The molecule has 0 aliphatic carbocycles. The first kappa shape index (κ1) is 16.5. The van der Waals surface area contributed by atoms with Gasteiger partial charge in [-0.2, -0.15) is 4.39 Å². The third-order valence-corrected chi connectivity index (χ3v) is 3.68. The predicted molar refractivity (Wildman–Crippen MR) is 83.3 cm³/mol. The smallest absolute Gasteiger partial charge is 0.411 e. The van der Waals surface area contributed by atoms with Crippen molar-refractivity contribution in [2.45, 2.75) is 52.3 Å². The fraction of sp³-hybridized carbons (Fsp3) is 0.625. The molecule has 2 heterocycles. The van der Waals surface area contributed by atoms with E-state index in [1.54, 1.807) is 24.9 Å². The molecular formula is C16H24FN3O2. The molecule has 1 unspecified atom stereocenters. The number of aryl methyl sites for hydroxylation is 1. The summed E-state index contributed by atoms with van der Waals surface area (Å²) in [5, 5.41) is 0. The molecule has 1 aromatic rings. The number of amides is 1. The highest BCUT2D eigenvalue weighted by molar-refractivity contribution is 5.69. The maximum absolute atomic E-state index is 13.3. The monoisotopic (exact) mass is 309 g/mol. The average molecular weight is 309 g/mol. The molecule has 2 rings (SSSR count). The molecule has 1 aromatic heterocycles. The Balaban J connectivity index is 2.16. The summed E-state index contributed by atoms with van der Waals surface area (Å²) in [6.07, 6.45) is 2.89. The number of carbonyl (C=O) groups excluding carboxylic acids is 1. The van der Waals surface area contributed by atoms with Gasteiger partial charge in [0.05, 0.1) is 11.9 Å². The van der Waals surface area contributed by atoms with E-state index >= 15 is 0 Å². The molecule has 0 spiro atoms. The Morgan fingerprint density at radius 1 is 1.50 bits per heavy atom. The van der Waals surface area contributed by atoms with E-state index in [1.165, 1.54) is 6.20 Å². The van der Waals surface area contributed by atoms with Gasteiger partial charge in [-0.3, -0.25) is 4.90 Å². The van der Waals surface area contributed by atoms with E-state index in [0.717, 1.165) is 25.1 Å². The van der Waals surface area contributed by atoms with Gasteiger partial charge in [-0.1, -0.05) is 0 Å². The normalized spacial score (nSPS) is 18.5. The standard InChI is InChI=1S/C16H24FN3O2/c1-11-9-12(10-18-14(11)17)20-8-6-7-13(20)19(5)15(21)22-16(2,3)4/h9-10,13H,6-8H2,1-5H3. The van der Waals surface area contributed by atoms with Crippen LogP contribution in [0.15, 0.2) is 12.3 Å². The van der Waals surface area contributed by atoms with E-state index in [1.807, 2.05) is 20.8 Å². The lowest BCUT2D eigenvalue weighted by molar-refractivity contribution is 0.0229. The highest BCUT2D eigenvalue weighted by Gasteiger charge is 2.33. The van der Waals surface area contributed by atoms with E-state index in [-0.39, 0.29) is 12.3 Å². The maximum Gasteiger partial charge on any atom is 0.411 e. The van der Waals surface area contributed by atoms with Crippen molar-refractivity contribution in [3.05, 3.63) is 23.8 Å². The van der Waals surface area contributed by atoms with Gasteiger partial charge in [-0.15, -0.1) is 0 Å². The van der Waals surface area contributed by atoms with Crippen molar-refractivity contribution in [2.75, 3.05) is 18.5 Å². The Hall–Kier alpha value is -1.85. The van der Waals surface area contributed by atoms with Gasteiger partial charge in [-0.25, -0.2) is 9.78 Å². The van der Waals surface area contributed by atoms with Crippen molar-refractivity contribution in [1.29, 1.82) is 0 Å². The number of carbonyl (C=O) groups is 1. The zero-order chi connectivity index (χ0) is 16.5. The molecule has 0 radical (unpaired) electrons. The van der Waals surface area contributed by atoms with Crippen LogP contribution in [0.2, 0.25) is 0 Å². The average Bonchev–Trinajstić information content (AvgIpc) is 2.88. The Bertz CT molecular complexity index is 557. The summed E-state index contributed by atoms with van der Waals surface area (Å²) in [6.45, 7) is 8.04. The van der Waals surface area contributed by atoms with Crippen LogP contribution in [0.5, 0.6) is 0 Å². The zero-order valence-electron chi connectivity index (χ0n) is 13.9. The van der Waals surface area contributed by atoms with Crippen LogP contribution in [0.1, 0.15) is 39.2 Å². The van der Waals surface area contributed by atoms with Crippen molar-refractivity contribution in [2.24, 2.45) is 0 Å². The molecule has 122 valence electrons. The molecular weight excluding hydrogens is 285 g/mol. The number of hydrogen-bond donors (Lipinski definition) is 0. The molecule has 0 N–H and O–H groups in total. The van der Waals surface area contributed by atoms with Gasteiger partial charge in [0, 0.05) is 19.2 Å². The second-order valence-corrected chi connectivity index (χ2v) is 6.71. The third-order valence-electron chi connectivity index (χ3n) is 3.68. The molecule has 6 heteroatoms. The zero-order valence-corrected chi connectivity index (χ0v) is 13.9. The third kappa shape index (κ3) is 3.67. The highest BCUT2D eigenvalue weighted by Crippen LogP contribution is 2.28. The molecule has 5 nitrogen and oxygen atoms in total. The molecule has 0 saturated carbocycles. The van der Waals surface area contributed by atoms with E-state index < -0.39 is 11.5 Å². The summed E-state index contributed by atoms with van der Waals surface area (Å²) in [7, 11) is 1.74. The van der Waals surface area contributed by atoms with Crippen LogP contribution in [-0.2, 0) is 4.74 Å². The minimum atomic E-state index is -0.525. The number of rotatable bonds is 2. The summed E-state index contributed by atoms with van der Waals surface area (Å²) in [5.74, 6) is -0.458. The van der Waals surface area contributed by atoms with Crippen molar-refractivity contribution in [3.8, 4) is 0 Å². The van der Waals surface area contributed by atoms with Crippen LogP contribution in [0.4, 0.5) is 14.9 Å². The van der Waals surface area contributed by atoms with Crippen molar-refractivity contribution < 1.29 is 13.9 Å². The van der Waals surface area contributed by atoms with E-state index in [2.05, 4.69) is 9.88 Å². The summed E-state index contributed by atoms with van der Waals surface area (Å²) in [5.41, 5.74) is 0.808. The predicted octanol–water partition coefficient (Wildman–Crippen LogP) is 3.32. The molecule has 1 aliphatic rings. The molecule has 1 saturated heterocycles. The minimum Gasteiger partial charge on any atom is -0.444 e. The number of aromatic nitrogens is 1. The molecule has 0 bridgehead atoms. The number of nitrogens with zero attached hydrogens (tertiary/aromatic N) is 3. The quantitative estimate of drug-likeness (QED) is 0.786. The van der Waals surface area contributed by atoms with Gasteiger partial charge in [0.25, 0.3) is 0 Å². The minimum absolute atomic E-state index is 0.0958. The number of anilines is 1. The van der Waals surface area contributed by atoms with Crippen LogP contribution in [0, 0.1) is 12.9 Å². The Labute approximate surface area is 131 Å². The highest BCUT2D eigenvalue weighted by atomic mass is 19.1. The Morgan fingerprint density at radius 2 is 2.18 bits per heavy atom. The van der Waals surface area contributed by atoms with Gasteiger partial charge in [-0.05, 0) is 46.6 Å². The molecule has 1 fully saturated rings. The molecule has 22 heavy (non-hydrogen) atoms. The first-order valence-electron chi connectivity index (χ1n) is 7.53. The van der Waals surface area contributed by atoms with Crippen LogP contribution < -0.4 is 4.90 Å². The largest absolute Gasteiger partial charge is 0.444 e. The maximum atomic E-state index is 13.3. The summed E-state index contributed by atoms with van der Waals surface area (Å²) >= 11 is 0. The number of hydrogen-bond acceptors (Lipinski definition) is 4. The van der Waals surface area contributed by atoms with Crippen molar-refractivity contribution >= 4 is 11.8 Å². The van der Waals surface area contributed by atoms with Gasteiger partial charge < -0.3 is 9.64 Å². The molecule has 1 aliphatic heterocycles. The SMILES string of the molecule is Cc1cc(N2CCCC2N(C)C(=O)OC(C)(C)C)cnc1F. The second kappa shape index (κ2) is 6.10. The lowest BCUT2D eigenvalue weighted by atomic mass is 10.2.